The quantitative estimate of drug-likeness (QED) is 0.583. The summed E-state index contributed by atoms with van der Waals surface area (Å²) in [5.74, 6) is 0.826. The summed E-state index contributed by atoms with van der Waals surface area (Å²) in [7, 11) is 0. The van der Waals surface area contributed by atoms with Crippen LogP contribution in [-0.2, 0) is 6.42 Å². The Bertz CT molecular complexity index is 525. The molecule has 0 radical (unpaired) electrons. The molecule has 0 nitrogen and oxygen atoms in total. The highest BCUT2D eigenvalue weighted by Gasteiger charge is 2.40. The summed E-state index contributed by atoms with van der Waals surface area (Å²) in [4.78, 5) is 0. The molecular formula is C20H27Cl. The maximum Gasteiger partial charge on any atom is 0.0483 e. The molecule has 2 saturated carbocycles. The number of hydrogen-bond acceptors (Lipinski definition) is 0. The maximum atomic E-state index is 6.45. The van der Waals surface area contributed by atoms with E-state index in [0.29, 0.717) is 0 Å². The van der Waals surface area contributed by atoms with Crippen LogP contribution >= 0.6 is 11.6 Å². The van der Waals surface area contributed by atoms with Gasteiger partial charge in [0.15, 0.2) is 0 Å². The molecule has 1 atom stereocenters. The average molecular weight is 303 g/mol. The summed E-state index contributed by atoms with van der Waals surface area (Å²) in [6.07, 6.45) is 12.3. The van der Waals surface area contributed by atoms with Crippen molar-refractivity contribution < 1.29 is 0 Å². The Morgan fingerprint density at radius 2 is 2.05 bits per heavy atom. The minimum absolute atomic E-state index is 0.720. The van der Waals surface area contributed by atoms with E-state index in [1.165, 1.54) is 61.6 Å². The van der Waals surface area contributed by atoms with Crippen LogP contribution in [0.3, 0.4) is 0 Å². The molecule has 2 fully saturated rings. The third-order valence-corrected chi connectivity index (χ3v) is 6.14. The number of halogens is 1. The van der Waals surface area contributed by atoms with Gasteiger partial charge in [0.2, 0.25) is 0 Å². The van der Waals surface area contributed by atoms with Gasteiger partial charge in [0.25, 0.3) is 0 Å². The van der Waals surface area contributed by atoms with Crippen LogP contribution in [0.25, 0.3) is 5.57 Å². The standard InChI is InChI=1S/C20H27Cl/c1-3-17-8-4-9-18(21)19(17)15(2)13-16-7-5-10-20(14-16)11-6-12-20/h4,8-9,16H,2-3,5-7,10-14H2,1H3. The summed E-state index contributed by atoms with van der Waals surface area (Å²) in [5, 5.41) is 0.883. The number of rotatable bonds is 4. The predicted octanol–water partition coefficient (Wildman–Crippen LogP) is 6.67. The maximum absolute atomic E-state index is 6.45. The van der Waals surface area contributed by atoms with Crippen molar-refractivity contribution in [1.29, 1.82) is 0 Å². The van der Waals surface area contributed by atoms with E-state index in [0.717, 1.165) is 29.2 Å². The van der Waals surface area contributed by atoms with Gasteiger partial charge in [-0.05, 0) is 72.6 Å². The van der Waals surface area contributed by atoms with Crippen molar-refractivity contribution in [2.45, 2.75) is 64.7 Å². The highest BCUT2D eigenvalue weighted by atomic mass is 35.5. The lowest BCUT2D eigenvalue weighted by Gasteiger charge is -2.48. The van der Waals surface area contributed by atoms with Crippen LogP contribution in [0.4, 0.5) is 0 Å². The van der Waals surface area contributed by atoms with Crippen LogP contribution in [0.15, 0.2) is 24.8 Å². The van der Waals surface area contributed by atoms with Gasteiger partial charge in [0.1, 0.15) is 0 Å². The lowest BCUT2D eigenvalue weighted by molar-refractivity contribution is 0.0479. The summed E-state index contributed by atoms with van der Waals surface area (Å²) in [5.41, 5.74) is 4.56. The predicted molar refractivity (Wildman–Crippen MR) is 92.7 cm³/mol. The van der Waals surface area contributed by atoms with Crippen molar-refractivity contribution in [3.05, 3.63) is 40.9 Å². The fourth-order valence-electron chi connectivity index (χ4n) is 4.60. The Hall–Kier alpha value is -0.750. The summed E-state index contributed by atoms with van der Waals surface area (Å²) in [6.45, 7) is 6.60. The van der Waals surface area contributed by atoms with E-state index in [4.69, 9.17) is 11.6 Å². The van der Waals surface area contributed by atoms with E-state index in [1.54, 1.807) is 0 Å². The summed E-state index contributed by atoms with van der Waals surface area (Å²) in [6, 6.07) is 6.26. The second kappa shape index (κ2) is 6.16. The third kappa shape index (κ3) is 3.06. The number of aryl methyl sites for hydroxylation is 1. The van der Waals surface area contributed by atoms with Crippen molar-refractivity contribution in [3.63, 3.8) is 0 Å². The molecule has 0 amide bonds. The van der Waals surface area contributed by atoms with Gasteiger partial charge >= 0.3 is 0 Å². The molecule has 2 aliphatic carbocycles. The highest BCUT2D eigenvalue weighted by Crippen LogP contribution is 2.54. The van der Waals surface area contributed by atoms with E-state index >= 15 is 0 Å². The van der Waals surface area contributed by atoms with E-state index in [1.807, 2.05) is 6.07 Å². The first-order chi connectivity index (χ1) is 10.1. The van der Waals surface area contributed by atoms with Crippen molar-refractivity contribution in [2.24, 2.45) is 11.3 Å². The molecule has 1 spiro atoms. The largest absolute Gasteiger partial charge is 0.0952 e. The second-order valence-corrected chi connectivity index (χ2v) is 7.66. The van der Waals surface area contributed by atoms with Crippen molar-refractivity contribution in [2.75, 3.05) is 0 Å². The highest BCUT2D eigenvalue weighted by molar-refractivity contribution is 6.32. The Morgan fingerprint density at radius 1 is 1.29 bits per heavy atom. The fourth-order valence-corrected chi connectivity index (χ4v) is 4.92. The molecule has 21 heavy (non-hydrogen) atoms. The fraction of sp³-hybridized carbons (Fsp3) is 0.600. The van der Waals surface area contributed by atoms with Gasteiger partial charge in [-0.3, -0.25) is 0 Å². The van der Waals surface area contributed by atoms with Gasteiger partial charge in [0, 0.05) is 5.02 Å². The topological polar surface area (TPSA) is 0 Å². The third-order valence-electron chi connectivity index (χ3n) is 5.82. The Morgan fingerprint density at radius 3 is 2.71 bits per heavy atom. The molecule has 0 saturated heterocycles. The first-order valence-corrected chi connectivity index (χ1v) is 8.97. The second-order valence-electron chi connectivity index (χ2n) is 7.25. The Labute approximate surface area is 134 Å². The van der Waals surface area contributed by atoms with Gasteiger partial charge < -0.3 is 0 Å². The molecule has 1 aromatic carbocycles. The van der Waals surface area contributed by atoms with Crippen LogP contribution in [0.1, 0.15) is 69.4 Å². The SMILES string of the molecule is C=C(CC1CCCC2(CCC2)C1)c1c(Cl)cccc1CC. The van der Waals surface area contributed by atoms with E-state index in [2.05, 4.69) is 25.6 Å². The Kier molecular flexibility index (Phi) is 4.45. The summed E-state index contributed by atoms with van der Waals surface area (Å²) >= 11 is 6.45. The number of benzene rings is 1. The molecule has 1 heteroatoms. The van der Waals surface area contributed by atoms with Gasteiger partial charge in [-0.2, -0.15) is 0 Å². The molecule has 0 heterocycles. The molecule has 0 bridgehead atoms. The van der Waals surface area contributed by atoms with E-state index in [-0.39, 0.29) is 0 Å². The molecule has 2 aliphatic rings. The number of hydrogen-bond donors (Lipinski definition) is 0. The average Bonchev–Trinajstić information content (AvgIpc) is 2.45. The van der Waals surface area contributed by atoms with E-state index < -0.39 is 0 Å². The summed E-state index contributed by atoms with van der Waals surface area (Å²) < 4.78 is 0. The zero-order chi connectivity index (χ0) is 14.9. The molecule has 1 unspecified atom stereocenters. The van der Waals surface area contributed by atoms with Crippen LogP contribution in [0.2, 0.25) is 5.02 Å². The van der Waals surface area contributed by atoms with Gasteiger partial charge in [0.05, 0.1) is 0 Å². The molecule has 114 valence electrons. The first-order valence-electron chi connectivity index (χ1n) is 8.59. The minimum Gasteiger partial charge on any atom is -0.0952 e. The van der Waals surface area contributed by atoms with Gasteiger partial charge in [-0.1, -0.05) is 56.5 Å². The smallest absolute Gasteiger partial charge is 0.0483 e. The monoisotopic (exact) mass is 302 g/mol. The van der Waals surface area contributed by atoms with Gasteiger partial charge in [-0.25, -0.2) is 0 Å². The van der Waals surface area contributed by atoms with Crippen LogP contribution in [0, 0.1) is 11.3 Å². The van der Waals surface area contributed by atoms with Crippen LogP contribution in [-0.4, -0.2) is 0 Å². The van der Waals surface area contributed by atoms with Crippen molar-refractivity contribution in [3.8, 4) is 0 Å². The van der Waals surface area contributed by atoms with Crippen molar-refractivity contribution >= 4 is 17.2 Å². The van der Waals surface area contributed by atoms with Crippen LogP contribution < -0.4 is 0 Å². The molecular weight excluding hydrogens is 276 g/mol. The van der Waals surface area contributed by atoms with E-state index in [9.17, 15) is 0 Å². The zero-order valence-corrected chi connectivity index (χ0v) is 14.0. The van der Waals surface area contributed by atoms with Gasteiger partial charge in [-0.15, -0.1) is 0 Å². The molecule has 0 aliphatic heterocycles. The molecule has 1 aromatic rings. The molecule has 0 N–H and O–H groups in total. The zero-order valence-electron chi connectivity index (χ0n) is 13.3. The number of allylic oxidation sites excluding steroid dienone is 1. The van der Waals surface area contributed by atoms with Crippen molar-refractivity contribution in [1.82, 2.24) is 0 Å². The first kappa shape index (κ1) is 15.2. The lowest BCUT2D eigenvalue weighted by atomic mass is 9.58. The van der Waals surface area contributed by atoms with Crippen LogP contribution in [0.5, 0.6) is 0 Å². The lowest BCUT2D eigenvalue weighted by Crippen LogP contribution is -2.35. The molecule has 3 rings (SSSR count). The minimum atomic E-state index is 0.720. The molecule has 0 aromatic heterocycles. The normalized spacial score (nSPS) is 23.8. The Balaban J connectivity index is 1.71.